The van der Waals surface area contributed by atoms with E-state index in [0.717, 1.165) is 95.0 Å². The first-order chi connectivity index (χ1) is 18.5. The van der Waals surface area contributed by atoms with Gasteiger partial charge in [-0.2, -0.15) is 0 Å². The number of carbonyl (C=O) groups excluding carboxylic acids is 1. The lowest BCUT2D eigenvalue weighted by molar-refractivity contribution is -0.218. The van der Waals surface area contributed by atoms with Crippen molar-refractivity contribution in [3.63, 3.8) is 0 Å². The fourth-order valence-electron chi connectivity index (χ4n) is 9.68. The fraction of sp³-hybridized carbons (Fsp3) is 0.719. The summed E-state index contributed by atoms with van der Waals surface area (Å²) in [5.41, 5.74) is 2.42. The predicted octanol–water partition coefficient (Wildman–Crippen LogP) is 4.37. The molecule has 6 nitrogen and oxygen atoms in total. The molecule has 8 rings (SSSR count). The summed E-state index contributed by atoms with van der Waals surface area (Å²) in [6.45, 7) is 3.89. The Balaban J connectivity index is 1.22. The third kappa shape index (κ3) is 2.99. The van der Waals surface area contributed by atoms with Crippen molar-refractivity contribution in [1.82, 2.24) is 9.80 Å². The molecule has 6 heteroatoms. The van der Waals surface area contributed by atoms with E-state index < -0.39 is 11.0 Å². The quantitative estimate of drug-likeness (QED) is 0.600. The van der Waals surface area contributed by atoms with Gasteiger partial charge in [-0.05, 0) is 88.3 Å². The van der Waals surface area contributed by atoms with Crippen molar-refractivity contribution >= 4 is 5.91 Å². The third-order valence-electron chi connectivity index (χ3n) is 11.9. The van der Waals surface area contributed by atoms with E-state index in [1.165, 1.54) is 42.4 Å². The Morgan fingerprint density at radius 1 is 1.11 bits per heavy atom. The molecular formula is C32H42N2O4. The SMILES string of the molecule is COc1ccc2c3c1O[C@H]1[C@@]4(CC/C4=C\C(=O)N4CCCCCC4)CC[C@@]4(O)[C@@H](C2)N(CC2CC2)CC[C@]314. The zero-order valence-corrected chi connectivity index (χ0v) is 22.8. The van der Waals surface area contributed by atoms with Crippen LogP contribution in [0.2, 0.25) is 0 Å². The van der Waals surface area contributed by atoms with Crippen molar-refractivity contribution in [2.24, 2.45) is 11.3 Å². The van der Waals surface area contributed by atoms with E-state index in [4.69, 9.17) is 9.47 Å². The van der Waals surface area contributed by atoms with E-state index in [-0.39, 0.29) is 23.5 Å². The highest BCUT2D eigenvalue weighted by molar-refractivity contribution is 5.89. The van der Waals surface area contributed by atoms with Gasteiger partial charge in [0.1, 0.15) is 6.10 Å². The first-order valence-electron chi connectivity index (χ1n) is 15.3. The molecule has 3 saturated carbocycles. The first-order valence-corrected chi connectivity index (χ1v) is 15.3. The number of piperidine rings is 1. The van der Waals surface area contributed by atoms with Gasteiger partial charge in [-0.1, -0.05) is 24.5 Å². The van der Waals surface area contributed by atoms with Crippen LogP contribution >= 0.6 is 0 Å². The maximum absolute atomic E-state index is 13.5. The topological polar surface area (TPSA) is 62.2 Å². The zero-order valence-electron chi connectivity index (χ0n) is 22.8. The molecule has 3 heterocycles. The third-order valence-corrected chi connectivity index (χ3v) is 11.9. The number of hydrogen-bond acceptors (Lipinski definition) is 5. The Hall–Kier alpha value is -2.05. The lowest BCUT2D eigenvalue weighted by atomic mass is 9.40. The van der Waals surface area contributed by atoms with Crippen LogP contribution in [0.15, 0.2) is 23.8 Å². The molecule has 0 radical (unpaired) electrons. The maximum atomic E-state index is 13.5. The minimum absolute atomic E-state index is 0.137. The molecule has 2 bridgehead atoms. The van der Waals surface area contributed by atoms with Crippen LogP contribution in [0.5, 0.6) is 11.5 Å². The Morgan fingerprint density at radius 2 is 1.92 bits per heavy atom. The summed E-state index contributed by atoms with van der Waals surface area (Å²) in [7, 11) is 1.72. The van der Waals surface area contributed by atoms with Crippen molar-refractivity contribution in [1.29, 1.82) is 0 Å². The number of hydrogen-bond donors (Lipinski definition) is 1. The fourth-order valence-corrected chi connectivity index (χ4v) is 9.68. The number of carbonyl (C=O) groups is 1. The molecule has 5 fully saturated rings. The highest BCUT2D eigenvalue weighted by atomic mass is 16.5. The molecule has 3 aliphatic heterocycles. The van der Waals surface area contributed by atoms with Gasteiger partial charge in [-0.3, -0.25) is 9.69 Å². The second kappa shape index (κ2) is 8.23. The maximum Gasteiger partial charge on any atom is 0.246 e. The molecule has 1 amide bonds. The molecule has 204 valence electrons. The Labute approximate surface area is 226 Å². The largest absolute Gasteiger partial charge is 0.493 e. The van der Waals surface area contributed by atoms with Crippen molar-refractivity contribution in [3.05, 3.63) is 34.9 Å². The summed E-state index contributed by atoms with van der Waals surface area (Å²) in [5.74, 6) is 2.65. The van der Waals surface area contributed by atoms with Gasteiger partial charge >= 0.3 is 0 Å². The van der Waals surface area contributed by atoms with E-state index in [9.17, 15) is 9.90 Å². The van der Waals surface area contributed by atoms with Crippen molar-refractivity contribution in [2.75, 3.05) is 33.3 Å². The number of ether oxygens (including phenoxy) is 2. The molecule has 1 aromatic rings. The van der Waals surface area contributed by atoms with E-state index in [1.807, 2.05) is 6.08 Å². The monoisotopic (exact) mass is 518 g/mol. The van der Waals surface area contributed by atoms with Gasteiger partial charge in [0.05, 0.1) is 18.1 Å². The van der Waals surface area contributed by atoms with Crippen LogP contribution in [0, 0.1) is 11.3 Å². The van der Waals surface area contributed by atoms with E-state index >= 15 is 0 Å². The molecule has 1 N–H and O–H groups in total. The Morgan fingerprint density at radius 3 is 2.63 bits per heavy atom. The average molecular weight is 519 g/mol. The number of likely N-dealkylation sites (tertiary alicyclic amines) is 2. The zero-order chi connectivity index (χ0) is 25.7. The second-order valence-corrected chi connectivity index (χ2v) is 13.5. The molecule has 7 aliphatic rings. The van der Waals surface area contributed by atoms with Crippen molar-refractivity contribution < 1.29 is 19.4 Å². The standard InChI is InChI=1S/C32H42N2O4/c1-37-24-9-8-22-18-25-32(36)13-12-30(11-10-23(30)19-26(35)33-15-4-2-3-5-16-33)29-31(32,27(22)28(24)38-29)14-17-34(25)20-21-6-7-21/h8-9,19,21,25,29,36H,2-7,10-18,20H2,1H3/b23-19+/t25-,29+,30+,31+,32-/m1/s1. The van der Waals surface area contributed by atoms with Gasteiger partial charge in [0.25, 0.3) is 0 Å². The van der Waals surface area contributed by atoms with E-state index in [2.05, 4.69) is 21.9 Å². The van der Waals surface area contributed by atoms with Gasteiger partial charge in [0.2, 0.25) is 5.91 Å². The average Bonchev–Trinajstić information content (AvgIpc) is 3.70. The lowest BCUT2D eigenvalue weighted by Gasteiger charge is -2.68. The number of aliphatic hydroxyl groups is 1. The number of rotatable bonds is 4. The van der Waals surface area contributed by atoms with Crippen molar-refractivity contribution in [2.45, 2.75) is 100 Å². The van der Waals surface area contributed by atoms with Crippen LogP contribution < -0.4 is 9.47 Å². The minimum atomic E-state index is -0.809. The smallest absolute Gasteiger partial charge is 0.246 e. The highest BCUT2D eigenvalue weighted by Gasteiger charge is 2.77. The van der Waals surface area contributed by atoms with Crippen LogP contribution in [-0.4, -0.2) is 71.8 Å². The second-order valence-electron chi connectivity index (χ2n) is 13.5. The molecule has 0 unspecified atom stereocenters. The number of methoxy groups -OCH3 is 1. The summed E-state index contributed by atoms with van der Waals surface area (Å²) >= 11 is 0. The lowest BCUT2D eigenvalue weighted by Crippen LogP contribution is -2.78. The van der Waals surface area contributed by atoms with Crippen LogP contribution in [0.3, 0.4) is 0 Å². The van der Waals surface area contributed by atoms with Crippen molar-refractivity contribution in [3.8, 4) is 11.5 Å². The van der Waals surface area contributed by atoms with Gasteiger partial charge in [-0.15, -0.1) is 0 Å². The van der Waals surface area contributed by atoms with Gasteiger partial charge < -0.3 is 19.5 Å². The summed E-state index contributed by atoms with van der Waals surface area (Å²) in [4.78, 5) is 18.2. The first kappa shape index (κ1) is 23.8. The summed E-state index contributed by atoms with van der Waals surface area (Å²) in [5, 5.41) is 12.9. The Kier molecular flexibility index (Phi) is 5.16. The van der Waals surface area contributed by atoms with Gasteiger partial charge in [0, 0.05) is 42.7 Å². The molecule has 1 aromatic carbocycles. The Bertz CT molecular complexity index is 1200. The minimum Gasteiger partial charge on any atom is -0.493 e. The molecular weight excluding hydrogens is 476 g/mol. The van der Waals surface area contributed by atoms with Crippen LogP contribution in [0.25, 0.3) is 0 Å². The summed E-state index contributed by atoms with van der Waals surface area (Å²) in [6.07, 6.45) is 14.7. The molecule has 5 atom stereocenters. The van der Waals surface area contributed by atoms with Gasteiger partial charge in [0.15, 0.2) is 11.5 Å². The normalized spacial score (nSPS) is 40.4. The van der Waals surface area contributed by atoms with Crippen LogP contribution in [0.4, 0.5) is 0 Å². The van der Waals surface area contributed by atoms with E-state index in [0.29, 0.717) is 0 Å². The summed E-state index contributed by atoms with van der Waals surface area (Å²) in [6, 6.07) is 4.44. The number of fused-ring (bicyclic) bond motifs is 1. The van der Waals surface area contributed by atoms with Crippen LogP contribution in [0.1, 0.15) is 81.8 Å². The number of amides is 1. The van der Waals surface area contributed by atoms with Gasteiger partial charge in [-0.25, -0.2) is 0 Å². The molecule has 38 heavy (non-hydrogen) atoms. The molecule has 4 aliphatic carbocycles. The molecule has 2 saturated heterocycles. The van der Waals surface area contributed by atoms with E-state index in [1.54, 1.807) is 7.11 Å². The molecule has 2 spiro atoms. The molecule has 0 aromatic heterocycles. The summed E-state index contributed by atoms with van der Waals surface area (Å²) < 4.78 is 12.9. The predicted molar refractivity (Wildman–Crippen MR) is 144 cm³/mol. The number of benzene rings is 1. The highest BCUT2D eigenvalue weighted by Crippen LogP contribution is 2.73. The number of nitrogens with zero attached hydrogens (tertiary/aromatic N) is 2. The van der Waals surface area contributed by atoms with Crippen LogP contribution in [-0.2, 0) is 16.6 Å².